The summed E-state index contributed by atoms with van der Waals surface area (Å²) in [7, 11) is 0. The summed E-state index contributed by atoms with van der Waals surface area (Å²) in [6.45, 7) is 0.152. The fraction of sp³-hybridized carbons (Fsp3) is 0.182. The number of nitrogens with two attached hydrogens (primary N) is 1. The topological polar surface area (TPSA) is 80.6 Å². The highest BCUT2D eigenvalue weighted by Gasteiger charge is 2.33. The van der Waals surface area contributed by atoms with Crippen LogP contribution in [0, 0.1) is 5.41 Å². The lowest BCUT2D eigenvalue weighted by atomic mass is 10.2. The summed E-state index contributed by atoms with van der Waals surface area (Å²) in [4.78, 5) is 3.87. The second-order valence-electron chi connectivity index (χ2n) is 3.86. The van der Waals surface area contributed by atoms with E-state index in [4.69, 9.17) is 11.1 Å². The van der Waals surface area contributed by atoms with Gasteiger partial charge < -0.3 is 5.73 Å². The number of nitrogen functional groups attached to an aromatic ring is 1. The number of hydrogen-bond acceptors (Lipinski definition) is 3. The van der Waals surface area contributed by atoms with Gasteiger partial charge in [-0.1, -0.05) is 0 Å². The predicted molar refractivity (Wildman–Crippen MR) is 61.6 cm³/mol. The number of alkyl halides is 3. The number of rotatable bonds is 3. The molecule has 2 rings (SSSR count). The molecule has 0 saturated heterocycles. The Kier molecular flexibility index (Phi) is 3.24. The van der Waals surface area contributed by atoms with Crippen LogP contribution in [0.2, 0.25) is 0 Å². The molecule has 2 aromatic rings. The highest BCUT2D eigenvalue weighted by Crippen LogP contribution is 2.27. The maximum absolute atomic E-state index is 12.4. The maximum atomic E-state index is 12.4. The van der Waals surface area contributed by atoms with E-state index in [9.17, 15) is 13.2 Å². The Hall–Kier alpha value is -2.38. The zero-order valence-corrected chi connectivity index (χ0v) is 9.65. The Bertz CT molecular complexity index is 602. The summed E-state index contributed by atoms with van der Waals surface area (Å²) in [6.07, 6.45) is -1.76. The minimum Gasteiger partial charge on any atom is -0.382 e. The first kappa shape index (κ1) is 13.1. The van der Waals surface area contributed by atoms with Crippen LogP contribution in [0.3, 0.4) is 0 Å². The van der Waals surface area contributed by atoms with Gasteiger partial charge in [-0.15, -0.1) is 0 Å². The van der Waals surface area contributed by atoms with E-state index in [0.717, 1.165) is 6.07 Å². The van der Waals surface area contributed by atoms with Crippen LogP contribution in [-0.2, 0) is 12.7 Å². The van der Waals surface area contributed by atoms with Crippen LogP contribution in [0.5, 0.6) is 0 Å². The molecule has 0 amide bonds. The van der Waals surface area contributed by atoms with Gasteiger partial charge in [0.2, 0.25) is 0 Å². The third-order valence-corrected chi connectivity index (χ3v) is 2.38. The van der Waals surface area contributed by atoms with Crippen LogP contribution in [0.4, 0.5) is 13.2 Å². The zero-order valence-electron chi connectivity index (χ0n) is 9.65. The average molecular weight is 269 g/mol. The molecule has 0 saturated carbocycles. The lowest BCUT2D eigenvalue weighted by Crippen LogP contribution is -2.14. The molecule has 0 aliphatic rings. The van der Waals surface area contributed by atoms with E-state index in [1.165, 1.54) is 23.1 Å². The molecular formula is C11H10F3N5. The smallest absolute Gasteiger partial charge is 0.382 e. The summed E-state index contributed by atoms with van der Waals surface area (Å²) in [5.74, 6) is -0.196. The van der Waals surface area contributed by atoms with Crippen molar-refractivity contribution in [2.45, 2.75) is 12.7 Å². The molecule has 0 aliphatic carbocycles. The van der Waals surface area contributed by atoms with E-state index in [0.29, 0.717) is 5.56 Å². The van der Waals surface area contributed by atoms with Gasteiger partial charge in [0.15, 0.2) is 5.69 Å². The van der Waals surface area contributed by atoms with Crippen LogP contribution >= 0.6 is 0 Å². The molecule has 0 atom stereocenters. The summed E-state index contributed by atoms with van der Waals surface area (Å²) in [6, 6.07) is 4.08. The monoisotopic (exact) mass is 269 g/mol. The normalized spacial score (nSPS) is 11.5. The lowest BCUT2D eigenvalue weighted by molar-refractivity contribution is -0.141. The first-order chi connectivity index (χ1) is 8.86. The van der Waals surface area contributed by atoms with Crippen LogP contribution in [-0.4, -0.2) is 20.6 Å². The molecule has 2 aromatic heterocycles. The predicted octanol–water partition coefficient (Wildman–Crippen LogP) is 1.63. The van der Waals surface area contributed by atoms with Crippen molar-refractivity contribution in [3.63, 3.8) is 0 Å². The van der Waals surface area contributed by atoms with E-state index in [1.807, 2.05) is 0 Å². The number of hydrogen-bond donors (Lipinski definition) is 2. The number of aromatic nitrogens is 3. The van der Waals surface area contributed by atoms with Crippen LogP contribution in [0.15, 0.2) is 30.6 Å². The first-order valence-corrected chi connectivity index (χ1v) is 5.26. The molecule has 0 spiro atoms. The highest BCUT2D eigenvalue weighted by molar-refractivity contribution is 5.93. The van der Waals surface area contributed by atoms with Gasteiger partial charge in [0.25, 0.3) is 0 Å². The van der Waals surface area contributed by atoms with Crippen molar-refractivity contribution >= 4 is 5.84 Å². The Labute approximate surface area is 106 Å². The molecule has 0 fully saturated rings. The van der Waals surface area contributed by atoms with Crippen molar-refractivity contribution in [2.75, 3.05) is 0 Å². The second-order valence-corrected chi connectivity index (χ2v) is 3.86. The molecule has 0 aromatic carbocycles. The molecule has 2 heterocycles. The Balaban J connectivity index is 2.19. The standard InChI is InChI=1S/C11H10F3N5/c12-11(13,14)9-2-4-19(18-9)6-7-1-3-17-8(5-7)10(15)16/h1-5H,6H2,(H3,15,16). The SMILES string of the molecule is N=C(N)c1cc(Cn2ccc(C(F)(F)F)n2)ccn1. The Morgan fingerprint density at radius 3 is 2.68 bits per heavy atom. The van der Waals surface area contributed by atoms with E-state index in [2.05, 4.69) is 10.1 Å². The van der Waals surface area contributed by atoms with Gasteiger partial charge >= 0.3 is 6.18 Å². The van der Waals surface area contributed by atoms with Crippen molar-refractivity contribution in [1.29, 1.82) is 5.41 Å². The van der Waals surface area contributed by atoms with Gasteiger partial charge in [-0.05, 0) is 23.8 Å². The van der Waals surface area contributed by atoms with E-state index >= 15 is 0 Å². The minimum absolute atomic E-state index is 0.152. The van der Waals surface area contributed by atoms with Gasteiger partial charge in [0.05, 0.1) is 6.54 Å². The van der Waals surface area contributed by atoms with Crippen molar-refractivity contribution in [1.82, 2.24) is 14.8 Å². The van der Waals surface area contributed by atoms with Crippen molar-refractivity contribution in [3.8, 4) is 0 Å². The molecule has 100 valence electrons. The molecule has 19 heavy (non-hydrogen) atoms. The van der Waals surface area contributed by atoms with Gasteiger partial charge in [-0.2, -0.15) is 18.3 Å². The van der Waals surface area contributed by atoms with E-state index < -0.39 is 11.9 Å². The van der Waals surface area contributed by atoms with Crippen molar-refractivity contribution in [2.24, 2.45) is 5.73 Å². The van der Waals surface area contributed by atoms with Gasteiger partial charge in [-0.3, -0.25) is 15.1 Å². The summed E-state index contributed by atoms with van der Waals surface area (Å²) in [5, 5.41) is 10.7. The molecular weight excluding hydrogens is 259 g/mol. The highest BCUT2D eigenvalue weighted by atomic mass is 19.4. The van der Waals surface area contributed by atoms with E-state index in [-0.39, 0.29) is 18.1 Å². The minimum atomic E-state index is -4.45. The summed E-state index contributed by atoms with van der Waals surface area (Å²) >= 11 is 0. The van der Waals surface area contributed by atoms with Crippen molar-refractivity contribution < 1.29 is 13.2 Å². The average Bonchev–Trinajstić information content (AvgIpc) is 2.77. The maximum Gasteiger partial charge on any atom is 0.435 e. The fourth-order valence-corrected chi connectivity index (χ4v) is 1.51. The first-order valence-electron chi connectivity index (χ1n) is 5.26. The number of nitrogens with one attached hydrogen (secondary N) is 1. The summed E-state index contributed by atoms with van der Waals surface area (Å²) in [5.41, 5.74) is 5.29. The molecule has 0 radical (unpaired) electrons. The fourth-order valence-electron chi connectivity index (χ4n) is 1.51. The van der Waals surface area contributed by atoms with Gasteiger partial charge in [0, 0.05) is 12.4 Å². The van der Waals surface area contributed by atoms with Crippen LogP contribution < -0.4 is 5.73 Å². The van der Waals surface area contributed by atoms with Crippen molar-refractivity contribution in [3.05, 3.63) is 47.5 Å². The molecule has 8 heteroatoms. The number of halogens is 3. The lowest BCUT2D eigenvalue weighted by Gasteiger charge is -2.04. The molecule has 5 nitrogen and oxygen atoms in total. The molecule has 3 N–H and O–H groups in total. The summed E-state index contributed by atoms with van der Waals surface area (Å²) < 4.78 is 38.3. The Morgan fingerprint density at radius 1 is 1.37 bits per heavy atom. The largest absolute Gasteiger partial charge is 0.435 e. The third kappa shape index (κ3) is 3.09. The second kappa shape index (κ2) is 4.71. The van der Waals surface area contributed by atoms with Crippen LogP contribution in [0.1, 0.15) is 17.0 Å². The van der Waals surface area contributed by atoms with E-state index in [1.54, 1.807) is 6.07 Å². The van der Waals surface area contributed by atoms with Crippen LogP contribution in [0.25, 0.3) is 0 Å². The molecule has 0 aliphatic heterocycles. The third-order valence-electron chi connectivity index (χ3n) is 2.38. The Morgan fingerprint density at radius 2 is 2.11 bits per heavy atom. The molecule has 0 unspecified atom stereocenters. The number of pyridine rings is 1. The number of amidine groups is 1. The molecule has 0 bridgehead atoms. The van der Waals surface area contributed by atoms with Gasteiger partial charge in [-0.25, -0.2) is 0 Å². The zero-order chi connectivity index (χ0) is 14.0. The number of nitrogens with zero attached hydrogens (tertiary/aromatic N) is 3. The van der Waals surface area contributed by atoms with Gasteiger partial charge in [0.1, 0.15) is 11.5 Å². The quantitative estimate of drug-likeness (QED) is 0.656.